The van der Waals surface area contributed by atoms with Crippen molar-refractivity contribution in [3.8, 4) is 5.75 Å². The number of nitrogens with one attached hydrogen (secondary N) is 1. The average Bonchev–Trinajstić information content (AvgIpc) is 2.95. The molecule has 0 radical (unpaired) electrons. The lowest BCUT2D eigenvalue weighted by atomic mass is 10.1. The van der Waals surface area contributed by atoms with Crippen molar-refractivity contribution in [3.63, 3.8) is 0 Å². The molecule has 0 spiro atoms. The Hall–Kier alpha value is -3.08. The fraction of sp³-hybridized carbons (Fsp3) is 0.238. The van der Waals surface area contributed by atoms with Crippen LogP contribution in [0.2, 0.25) is 0 Å². The molecule has 0 amide bonds. The molecule has 26 heavy (non-hydrogen) atoms. The third kappa shape index (κ3) is 3.08. The van der Waals surface area contributed by atoms with Crippen molar-refractivity contribution >= 4 is 22.5 Å². The van der Waals surface area contributed by atoms with Crippen LogP contribution in [0.25, 0.3) is 10.8 Å². The van der Waals surface area contributed by atoms with Crippen molar-refractivity contribution in [2.24, 2.45) is 0 Å². The molecule has 0 saturated carbocycles. The average molecular weight is 351 g/mol. The number of carbonyl (C=O) groups excluding carboxylic acids is 2. The molecular weight excluding hydrogens is 330 g/mol. The summed E-state index contributed by atoms with van der Waals surface area (Å²) in [5, 5.41) is 1.99. The highest BCUT2D eigenvalue weighted by Gasteiger charge is 2.26. The number of carbonyl (C=O) groups is 2. The van der Waals surface area contributed by atoms with Crippen LogP contribution in [0.1, 0.15) is 39.0 Å². The second-order valence-corrected chi connectivity index (χ2v) is 6.22. The monoisotopic (exact) mass is 351 g/mol. The molecule has 3 aromatic rings. The summed E-state index contributed by atoms with van der Waals surface area (Å²) in [5.74, 6) is -0.0234. The molecule has 1 heterocycles. The van der Waals surface area contributed by atoms with Gasteiger partial charge in [0.1, 0.15) is 5.75 Å². The maximum atomic E-state index is 12.9. The predicted octanol–water partition coefficient (Wildman–Crippen LogP) is 4.22. The van der Waals surface area contributed by atoms with Crippen LogP contribution in [0.15, 0.2) is 42.5 Å². The standard InChI is InChI=1S/C21H21NO4/c1-12-18(21(24)25-4)13(2)22-19(12)20(23)14(3)26-17-11-7-9-15-8-5-6-10-16(15)17/h5-11,14,22H,1-4H3/t14-/m1/s1. The molecule has 5 heteroatoms. The van der Waals surface area contributed by atoms with Gasteiger partial charge in [-0.05, 0) is 37.8 Å². The summed E-state index contributed by atoms with van der Waals surface area (Å²) in [7, 11) is 1.32. The highest BCUT2D eigenvalue weighted by Crippen LogP contribution is 2.27. The van der Waals surface area contributed by atoms with E-state index < -0.39 is 12.1 Å². The van der Waals surface area contributed by atoms with Crippen LogP contribution in [0, 0.1) is 13.8 Å². The van der Waals surface area contributed by atoms with Crippen LogP contribution in [0.3, 0.4) is 0 Å². The highest BCUT2D eigenvalue weighted by atomic mass is 16.5. The first-order valence-corrected chi connectivity index (χ1v) is 8.40. The Labute approximate surface area is 151 Å². The van der Waals surface area contributed by atoms with E-state index in [-0.39, 0.29) is 5.78 Å². The number of hydrogen-bond donors (Lipinski definition) is 1. The van der Waals surface area contributed by atoms with E-state index in [1.54, 1.807) is 20.8 Å². The highest BCUT2D eigenvalue weighted by molar-refractivity contribution is 6.03. The quantitative estimate of drug-likeness (QED) is 0.552. The third-order valence-corrected chi connectivity index (χ3v) is 4.50. The van der Waals surface area contributed by atoms with Crippen LogP contribution in [-0.4, -0.2) is 30.0 Å². The van der Waals surface area contributed by atoms with E-state index in [9.17, 15) is 9.59 Å². The normalized spacial score (nSPS) is 12.0. The van der Waals surface area contributed by atoms with Crippen molar-refractivity contribution in [1.82, 2.24) is 4.98 Å². The second kappa shape index (κ2) is 7.04. The number of esters is 1. The smallest absolute Gasteiger partial charge is 0.339 e. The minimum atomic E-state index is -0.706. The lowest BCUT2D eigenvalue weighted by Gasteiger charge is -2.15. The van der Waals surface area contributed by atoms with Gasteiger partial charge in [-0.2, -0.15) is 0 Å². The number of rotatable bonds is 5. The number of benzene rings is 2. The van der Waals surface area contributed by atoms with Gasteiger partial charge in [0, 0.05) is 11.1 Å². The van der Waals surface area contributed by atoms with Gasteiger partial charge in [-0.1, -0.05) is 36.4 Å². The molecule has 0 aliphatic heterocycles. The lowest BCUT2D eigenvalue weighted by molar-refractivity contribution is 0.0599. The molecule has 0 saturated heterocycles. The van der Waals surface area contributed by atoms with E-state index >= 15 is 0 Å². The molecular formula is C21H21NO4. The Balaban J connectivity index is 1.90. The molecule has 1 atom stereocenters. The Morgan fingerprint density at radius 1 is 1.04 bits per heavy atom. The van der Waals surface area contributed by atoms with Gasteiger partial charge in [0.05, 0.1) is 18.4 Å². The fourth-order valence-electron chi connectivity index (χ4n) is 3.15. The summed E-state index contributed by atoms with van der Waals surface area (Å²) < 4.78 is 10.7. The number of methoxy groups -OCH3 is 1. The van der Waals surface area contributed by atoms with E-state index in [1.165, 1.54) is 7.11 Å². The van der Waals surface area contributed by atoms with Crippen LogP contribution >= 0.6 is 0 Å². The van der Waals surface area contributed by atoms with E-state index in [2.05, 4.69) is 4.98 Å². The summed E-state index contributed by atoms with van der Waals surface area (Å²) in [6, 6.07) is 13.6. The Kier molecular flexibility index (Phi) is 4.80. The van der Waals surface area contributed by atoms with Crippen LogP contribution < -0.4 is 4.74 Å². The summed E-state index contributed by atoms with van der Waals surface area (Å²) >= 11 is 0. The van der Waals surface area contributed by atoms with Gasteiger partial charge in [-0.25, -0.2) is 4.79 Å². The predicted molar refractivity (Wildman–Crippen MR) is 100.0 cm³/mol. The summed E-state index contributed by atoms with van der Waals surface area (Å²) in [5.41, 5.74) is 1.95. The van der Waals surface area contributed by atoms with Crippen molar-refractivity contribution < 1.29 is 19.1 Å². The molecule has 0 bridgehead atoms. The summed E-state index contributed by atoms with van der Waals surface area (Å²) in [6.45, 7) is 5.18. The zero-order valence-corrected chi connectivity index (χ0v) is 15.3. The zero-order chi connectivity index (χ0) is 18.8. The van der Waals surface area contributed by atoms with Crippen molar-refractivity contribution in [3.05, 3.63) is 65.0 Å². The topological polar surface area (TPSA) is 68.4 Å². The first kappa shape index (κ1) is 17.7. The van der Waals surface area contributed by atoms with Gasteiger partial charge in [0.2, 0.25) is 5.78 Å². The van der Waals surface area contributed by atoms with E-state index in [1.807, 2.05) is 42.5 Å². The van der Waals surface area contributed by atoms with E-state index in [0.717, 1.165) is 10.8 Å². The summed E-state index contributed by atoms with van der Waals surface area (Å²) in [4.78, 5) is 27.8. The number of ketones is 1. The van der Waals surface area contributed by atoms with E-state index in [0.29, 0.717) is 28.3 Å². The molecule has 3 rings (SSSR count). The fourth-order valence-corrected chi connectivity index (χ4v) is 3.15. The van der Waals surface area contributed by atoms with Gasteiger partial charge in [0.15, 0.2) is 6.10 Å². The summed E-state index contributed by atoms with van der Waals surface area (Å²) in [6.07, 6.45) is -0.706. The van der Waals surface area contributed by atoms with E-state index in [4.69, 9.17) is 9.47 Å². The molecule has 0 aliphatic rings. The zero-order valence-electron chi connectivity index (χ0n) is 15.3. The molecule has 0 aliphatic carbocycles. The number of Topliss-reactive ketones (excluding diaryl/α,β-unsaturated/α-hetero) is 1. The number of hydrogen-bond acceptors (Lipinski definition) is 4. The first-order valence-electron chi connectivity index (χ1n) is 8.40. The number of aryl methyl sites for hydroxylation is 1. The molecule has 1 N–H and O–H groups in total. The van der Waals surface area contributed by atoms with Crippen molar-refractivity contribution in [2.45, 2.75) is 26.9 Å². The van der Waals surface area contributed by atoms with Crippen molar-refractivity contribution in [1.29, 1.82) is 0 Å². The largest absolute Gasteiger partial charge is 0.482 e. The lowest BCUT2D eigenvalue weighted by Crippen LogP contribution is -2.25. The number of aromatic amines is 1. The van der Waals surface area contributed by atoms with Crippen molar-refractivity contribution in [2.75, 3.05) is 7.11 Å². The van der Waals surface area contributed by atoms with Crippen LogP contribution in [0.4, 0.5) is 0 Å². The van der Waals surface area contributed by atoms with Gasteiger partial charge in [0.25, 0.3) is 0 Å². The second-order valence-electron chi connectivity index (χ2n) is 6.22. The third-order valence-electron chi connectivity index (χ3n) is 4.50. The minimum absolute atomic E-state index is 0.214. The van der Waals surface area contributed by atoms with Gasteiger partial charge in [-0.15, -0.1) is 0 Å². The van der Waals surface area contributed by atoms with Gasteiger partial charge in [-0.3, -0.25) is 4.79 Å². The minimum Gasteiger partial charge on any atom is -0.482 e. The molecule has 0 unspecified atom stereocenters. The van der Waals surface area contributed by atoms with Gasteiger partial charge >= 0.3 is 5.97 Å². The molecule has 2 aromatic carbocycles. The van der Waals surface area contributed by atoms with Crippen LogP contribution in [0.5, 0.6) is 5.75 Å². The molecule has 5 nitrogen and oxygen atoms in total. The molecule has 134 valence electrons. The van der Waals surface area contributed by atoms with Crippen LogP contribution in [-0.2, 0) is 4.74 Å². The first-order chi connectivity index (χ1) is 12.4. The Morgan fingerprint density at radius 2 is 1.73 bits per heavy atom. The van der Waals surface area contributed by atoms with Gasteiger partial charge < -0.3 is 14.5 Å². The molecule has 0 fully saturated rings. The molecule has 1 aromatic heterocycles. The number of aromatic nitrogens is 1. The Bertz CT molecular complexity index is 982. The Morgan fingerprint density at radius 3 is 2.46 bits per heavy atom. The number of ether oxygens (including phenoxy) is 2. The maximum absolute atomic E-state index is 12.9. The number of fused-ring (bicyclic) bond motifs is 1. The number of H-pyrrole nitrogens is 1. The maximum Gasteiger partial charge on any atom is 0.339 e. The SMILES string of the molecule is COC(=O)c1c(C)[nH]c(C(=O)[C@@H](C)Oc2cccc3ccccc23)c1C.